The lowest BCUT2D eigenvalue weighted by molar-refractivity contribution is -0.0697. The zero-order valence-electron chi connectivity index (χ0n) is 17.3. The molecule has 4 nitrogen and oxygen atoms in total. The fraction of sp³-hybridized carbons (Fsp3) is 0.423. The van der Waals surface area contributed by atoms with Gasteiger partial charge in [-0.1, -0.05) is 48.5 Å². The fourth-order valence-corrected chi connectivity index (χ4v) is 6.21. The summed E-state index contributed by atoms with van der Waals surface area (Å²) >= 11 is 0. The number of hydrogen-bond donors (Lipinski definition) is 1. The van der Waals surface area contributed by atoms with Crippen molar-refractivity contribution in [2.45, 2.75) is 44.5 Å². The minimum absolute atomic E-state index is 0.579. The van der Waals surface area contributed by atoms with E-state index in [1.807, 2.05) is 18.7 Å². The lowest BCUT2D eigenvalue weighted by Gasteiger charge is -2.46. The molecule has 1 unspecified atom stereocenters. The summed E-state index contributed by atoms with van der Waals surface area (Å²) in [6.45, 7) is 2.79. The molecule has 154 valence electrons. The molecule has 1 saturated heterocycles. The van der Waals surface area contributed by atoms with E-state index >= 15 is 0 Å². The molecule has 5 atom stereocenters. The molecule has 1 N–H and O–H groups in total. The van der Waals surface area contributed by atoms with Crippen molar-refractivity contribution >= 4 is 0 Å². The minimum atomic E-state index is 0.579. The maximum absolute atomic E-state index is 5.96. The summed E-state index contributed by atoms with van der Waals surface area (Å²) in [5.41, 5.74) is 5.31. The second-order valence-electron chi connectivity index (χ2n) is 9.18. The Hall–Kier alpha value is -2.43. The average Bonchev–Trinajstić information content (AvgIpc) is 3.50. The maximum Gasteiger partial charge on any atom is 0.0949 e. The summed E-state index contributed by atoms with van der Waals surface area (Å²) in [4.78, 5) is 4.13. The Morgan fingerprint density at radius 3 is 2.73 bits per heavy atom. The maximum atomic E-state index is 5.96. The number of hydrogen-bond acceptors (Lipinski definition) is 3. The summed E-state index contributed by atoms with van der Waals surface area (Å²) in [6.07, 6.45) is 10.2. The third-order valence-electron chi connectivity index (χ3n) is 7.63. The van der Waals surface area contributed by atoms with Crippen LogP contribution in [0.2, 0.25) is 0 Å². The van der Waals surface area contributed by atoms with Crippen LogP contribution in [0.1, 0.15) is 30.4 Å². The molecule has 1 aromatic heterocycles. The summed E-state index contributed by atoms with van der Waals surface area (Å²) in [5.74, 6) is 2.47. The van der Waals surface area contributed by atoms with Crippen LogP contribution in [0.5, 0.6) is 0 Å². The van der Waals surface area contributed by atoms with E-state index in [2.05, 4.69) is 63.4 Å². The number of benzene rings is 2. The Morgan fingerprint density at radius 1 is 1.00 bits per heavy atom. The van der Waals surface area contributed by atoms with Gasteiger partial charge < -0.3 is 14.6 Å². The minimum Gasteiger partial charge on any atom is -0.378 e. The van der Waals surface area contributed by atoms with Gasteiger partial charge >= 0.3 is 0 Å². The normalized spacial score (nSPS) is 29.4. The van der Waals surface area contributed by atoms with Crippen LogP contribution in [-0.2, 0) is 17.8 Å². The number of rotatable bonds is 6. The molecule has 2 aliphatic carbocycles. The van der Waals surface area contributed by atoms with Crippen LogP contribution in [0.25, 0.3) is 11.1 Å². The number of imidazole rings is 1. The number of fused-ring (bicyclic) bond motifs is 4. The Bertz CT molecular complexity index is 991. The SMILES string of the molecule is c1ccc(-c2ccc(Cn3ccnc3)cc2)c(CNC2CC[C@@H]3[C@H]4OCC[C@H]4[C@H]23)c1. The Morgan fingerprint density at radius 2 is 1.87 bits per heavy atom. The predicted molar refractivity (Wildman–Crippen MR) is 118 cm³/mol. The largest absolute Gasteiger partial charge is 0.378 e. The van der Waals surface area contributed by atoms with Gasteiger partial charge in [-0.05, 0) is 59.3 Å². The molecule has 0 bridgehead atoms. The van der Waals surface area contributed by atoms with Crippen LogP contribution in [0.3, 0.4) is 0 Å². The molecular weight excluding hydrogens is 370 g/mol. The number of aromatic nitrogens is 2. The highest BCUT2D eigenvalue weighted by Crippen LogP contribution is 2.56. The van der Waals surface area contributed by atoms with Crippen LogP contribution in [0.4, 0.5) is 0 Å². The van der Waals surface area contributed by atoms with E-state index in [1.165, 1.54) is 41.5 Å². The van der Waals surface area contributed by atoms with Crippen molar-refractivity contribution in [1.29, 1.82) is 0 Å². The van der Waals surface area contributed by atoms with Crippen molar-refractivity contribution < 1.29 is 4.74 Å². The smallest absolute Gasteiger partial charge is 0.0949 e. The summed E-state index contributed by atoms with van der Waals surface area (Å²) in [5, 5.41) is 3.93. The zero-order chi connectivity index (χ0) is 19.9. The predicted octanol–water partition coefficient (Wildman–Crippen LogP) is 4.50. The van der Waals surface area contributed by atoms with E-state index < -0.39 is 0 Å². The standard InChI is InChI=1S/C26H29N3O/c1-2-4-21(19-7-5-18(6-8-19)16-29-13-12-27-17-29)20(3-1)15-28-24-10-9-22-25(24)23-11-14-30-26(22)23/h1-8,12-13,17,22-26,28H,9-11,14-16H2/t22-,23-,24?,25+,26+/m0/s1. The van der Waals surface area contributed by atoms with Crippen LogP contribution in [0, 0.1) is 17.8 Å². The number of nitrogens with one attached hydrogen (secondary N) is 1. The summed E-state index contributed by atoms with van der Waals surface area (Å²) < 4.78 is 8.06. The molecular formula is C26H29N3O. The van der Waals surface area contributed by atoms with Gasteiger partial charge in [0.25, 0.3) is 0 Å². The molecule has 30 heavy (non-hydrogen) atoms. The second kappa shape index (κ2) is 7.68. The molecule has 2 saturated carbocycles. The average molecular weight is 400 g/mol. The quantitative estimate of drug-likeness (QED) is 0.663. The van der Waals surface area contributed by atoms with E-state index in [0.29, 0.717) is 12.1 Å². The van der Waals surface area contributed by atoms with Gasteiger partial charge in [-0.15, -0.1) is 0 Å². The summed E-state index contributed by atoms with van der Waals surface area (Å²) in [6, 6.07) is 18.5. The molecule has 2 heterocycles. The second-order valence-corrected chi connectivity index (χ2v) is 9.18. The van der Waals surface area contributed by atoms with Crippen molar-refractivity contribution in [3.05, 3.63) is 78.4 Å². The van der Waals surface area contributed by atoms with Crippen molar-refractivity contribution in [3.63, 3.8) is 0 Å². The van der Waals surface area contributed by atoms with Gasteiger partial charge in [-0.3, -0.25) is 0 Å². The van der Waals surface area contributed by atoms with Crippen molar-refractivity contribution in [1.82, 2.24) is 14.9 Å². The molecule has 1 aliphatic heterocycles. The van der Waals surface area contributed by atoms with Gasteiger partial charge in [-0.2, -0.15) is 0 Å². The fourth-order valence-electron chi connectivity index (χ4n) is 6.21. The molecule has 0 amide bonds. The van der Waals surface area contributed by atoms with E-state index in [1.54, 1.807) is 0 Å². The monoisotopic (exact) mass is 399 g/mol. The summed E-state index contributed by atoms with van der Waals surface area (Å²) in [7, 11) is 0. The van der Waals surface area contributed by atoms with Gasteiger partial charge in [0.2, 0.25) is 0 Å². The third-order valence-corrected chi connectivity index (χ3v) is 7.63. The van der Waals surface area contributed by atoms with Gasteiger partial charge in [0, 0.05) is 38.1 Å². The van der Waals surface area contributed by atoms with Gasteiger partial charge in [0.1, 0.15) is 0 Å². The third kappa shape index (κ3) is 3.19. The molecule has 0 radical (unpaired) electrons. The number of ether oxygens (including phenoxy) is 1. The molecule has 3 aromatic rings. The molecule has 4 heteroatoms. The molecule has 3 fully saturated rings. The topological polar surface area (TPSA) is 39.1 Å². The zero-order valence-corrected chi connectivity index (χ0v) is 17.3. The highest BCUT2D eigenvalue weighted by Gasteiger charge is 2.58. The van der Waals surface area contributed by atoms with Crippen molar-refractivity contribution in [2.24, 2.45) is 17.8 Å². The van der Waals surface area contributed by atoms with Crippen LogP contribution in [0.15, 0.2) is 67.3 Å². The van der Waals surface area contributed by atoms with Crippen LogP contribution in [-0.4, -0.2) is 28.3 Å². The first-order chi connectivity index (χ1) is 14.9. The van der Waals surface area contributed by atoms with Crippen molar-refractivity contribution in [2.75, 3.05) is 6.61 Å². The van der Waals surface area contributed by atoms with E-state index in [0.717, 1.165) is 37.5 Å². The Labute approximate surface area is 178 Å². The Kier molecular flexibility index (Phi) is 4.70. The van der Waals surface area contributed by atoms with E-state index in [-0.39, 0.29) is 0 Å². The van der Waals surface area contributed by atoms with Crippen LogP contribution >= 0.6 is 0 Å². The molecule has 6 rings (SSSR count). The van der Waals surface area contributed by atoms with Crippen LogP contribution < -0.4 is 5.32 Å². The number of nitrogens with zero attached hydrogens (tertiary/aromatic N) is 2. The molecule has 0 spiro atoms. The lowest BCUT2D eigenvalue weighted by Crippen LogP contribution is -2.52. The molecule has 3 aliphatic rings. The highest BCUT2D eigenvalue weighted by atomic mass is 16.5. The van der Waals surface area contributed by atoms with E-state index in [4.69, 9.17) is 4.74 Å². The van der Waals surface area contributed by atoms with Gasteiger partial charge in [-0.25, -0.2) is 4.98 Å². The van der Waals surface area contributed by atoms with Crippen molar-refractivity contribution in [3.8, 4) is 11.1 Å². The lowest BCUT2D eigenvalue weighted by atomic mass is 9.63. The Balaban J connectivity index is 1.15. The molecule has 2 aromatic carbocycles. The van der Waals surface area contributed by atoms with Gasteiger partial charge in [0.05, 0.1) is 12.4 Å². The van der Waals surface area contributed by atoms with E-state index in [9.17, 15) is 0 Å². The highest BCUT2D eigenvalue weighted by molar-refractivity contribution is 5.67. The first kappa shape index (κ1) is 18.3. The van der Waals surface area contributed by atoms with Gasteiger partial charge in [0.15, 0.2) is 0 Å². The first-order valence-corrected chi connectivity index (χ1v) is 11.3. The first-order valence-electron chi connectivity index (χ1n) is 11.3.